The first kappa shape index (κ1) is 22.5. The van der Waals surface area contributed by atoms with Crippen LogP contribution >= 0.6 is 11.8 Å². The van der Waals surface area contributed by atoms with Crippen LogP contribution in [0, 0.1) is 13.8 Å². The Morgan fingerprint density at radius 2 is 1.82 bits per heavy atom. The number of carbonyl (C=O) groups excluding carboxylic acids is 2. The Labute approximate surface area is 204 Å². The first-order valence-electron chi connectivity index (χ1n) is 11.6. The van der Waals surface area contributed by atoms with Gasteiger partial charge in [0.05, 0.1) is 22.8 Å². The lowest BCUT2D eigenvalue weighted by molar-refractivity contribution is -0.131. The number of rotatable bonds is 4. The van der Waals surface area contributed by atoms with Crippen LogP contribution < -0.4 is 9.80 Å². The van der Waals surface area contributed by atoms with E-state index in [0.29, 0.717) is 18.8 Å². The summed E-state index contributed by atoms with van der Waals surface area (Å²) < 4.78 is 1.88. The van der Waals surface area contributed by atoms with Crippen molar-refractivity contribution >= 4 is 35.0 Å². The van der Waals surface area contributed by atoms with Crippen molar-refractivity contribution in [2.45, 2.75) is 31.8 Å². The molecular weight excluding hydrogens is 446 g/mol. The highest BCUT2D eigenvalue weighted by Crippen LogP contribution is 2.39. The van der Waals surface area contributed by atoms with Gasteiger partial charge in [0, 0.05) is 31.4 Å². The molecule has 2 aromatic carbocycles. The number of hydrogen-bond acceptors (Lipinski definition) is 5. The molecule has 0 radical (unpaired) electrons. The van der Waals surface area contributed by atoms with Gasteiger partial charge in [-0.05, 0) is 50.6 Å². The van der Waals surface area contributed by atoms with Crippen molar-refractivity contribution in [2.24, 2.45) is 0 Å². The minimum absolute atomic E-state index is 0.0196. The van der Waals surface area contributed by atoms with E-state index >= 15 is 0 Å². The quantitative estimate of drug-likeness (QED) is 0.576. The lowest BCUT2D eigenvalue weighted by Gasteiger charge is -2.42. The number of nitrogens with zero attached hydrogens (tertiary/aromatic N) is 5. The molecule has 1 saturated heterocycles. The van der Waals surface area contributed by atoms with Crippen LogP contribution in [0.15, 0.2) is 59.6 Å². The van der Waals surface area contributed by atoms with E-state index in [1.54, 1.807) is 4.90 Å². The van der Waals surface area contributed by atoms with Crippen LogP contribution in [0.25, 0.3) is 5.69 Å². The number of thioether (sulfide) groups is 1. The number of piperazine rings is 1. The Hall–Kier alpha value is -3.26. The van der Waals surface area contributed by atoms with Crippen LogP contribution in [0.4, 0.5) is 11.4 Å². The monoisotopic (exact) mass is 475 g/mol. The summed E-state index contributed by atoms with van der Waals surface area (Å²) in [6, 6.07) is 18.6. The van der Waals surface area contributed by atoms with Crippen LogP contribution in [-0.2, 0) is 9.59 Å². The molecule has 1 fully saturated rings. The highest BCUT2D eigenvalue weighted by atomic mass is 32.2. The third-order valence-corrected chi connectivity index (χ3v) is 7.53. The summed E-state index contributed by atoms with van der Waals surface area (Å²) in [4.78, 5) is 32.1. The SMILES string of the molecule is Cc1cccc(N2CCN(C(=O)CN3C(=O)CSc4c3c(C)nn4-c3ccccc3)CC2C)c1. The molecular formula is C26H29N5O2S. The van der Waals surface area contributed by atoms with Crippen LogP contribution in [0.3, 0.4) is 0 Å². The van der Waals surface area contributed by atoms with Crippen LogP contribution in [0.5, 0.6) is 0 Å². The van der Waals surface area contributed by atoms with Crippen molar-refractivity contribution < 1.29 is 9.59 Å². The van der Waals surface area contributed by atoms with Gasteiger partial charge >= 0.3 is 0 Å². The van der Waals surface area contributed by atoms with Gasteiger partial charge in [-0.3, -0.25) is 14.5 Å². The second-order valence-electron chi connectivity index (χ2n) is 8.98. The summed E-state index contributed by atoms with van der Waals surface area (Å²) in [7, 11) is 0. The first-order valence-corrected chi connectivity index (χ1v) is 12.6. The van der Waals surface area contributed by atoms with Crippen LogP contribution in [0.2, 0.25) is 0 Å². The first-order chi connectivity index (χ1) is 16.4. The maximum atomic E-state index is 13.3. The number of aryl methyl sites for hydroxylation is 2. The van der Waals surface area contributed by atoms with E-state index in [0.717, 1.165) is 28.6 Å². The van der Waals surface area contributed by atoms with E-state index in [4.69, 9.17) is 5.10 Å². The van der Waals surface area contributed by atoms with Gasteiger partial charge in [0.15, 0.2) is 0 Å². The summed E-state index contributed by atoms with van der Waals surface area (Å²) in [5, 5.41) is 5.61. The Bertz CT molecular complexity index is 1230. The third kappa shape index (κ3) is 4.18. The fraction of sp³-hybridized carbons (Fsp3) is 0.346. The highest BCUT2D eigenvalue weighted by molar-refractivity contribution is 8.00. The van der Waals surface area contributed by atoms with Gasteiger partial charge in [-0.15, -0.1) is 0 Å². The average molecular weight is 476 g/mol. The van der Waals surface area contributed by atoms with Crippen LogP contribution in [-0.4, -0.2) is 64.5 Å². The third-order valence-electron chi connectivity index (χ3n) is 6.50. The maximum Gasteiger partial charge on any atom is 0.242 e. The summed E-state index contributed by atoms with van der Waals surface area (Å²) in [5.41, 5.74) is 4.87. The molecule has 0 spiro atoms. The molecule has 3 aromatic rings. The molecule has 0 bridgehead atoms. The molecule has 2 aliphatic rings. The molecule has 5 rings (SSSR count). The molecule has 0 saturated carbocycles. The molecule has 34 heavy (non-hydrogen) atoms. The van der Waals surface area contributed by atoms with Gasteiger partial charge in [-0.2, -0.15) is 5.10 Å². The second-order valence-corrected chi connectivity index (χ2v) is 9.94. The van der Waals surface area contributed by atoms with Crippen molar-refractivity contribution in [1.82, 2.24) is 14.7 Å². The zero-order valence-electron chi connectivity index (χ0n) is 19.8. The minimum atomic E-state index is -0.0481. The van der Waals surface area contributed by atoms with Crippen LogP contribution in [0.1, 0.15) is 18.2 Å². The number of amides is 2. The Balaban J connectivity index is 1.33. The van der Waals surface area contributed by atoms with Gasteiger partial charge in [0.25, 0.3) is 0 Å². The van der Waals surface area contributed by atoms with Crippen molar-refractivity contribution in [2.75, 3.05) is 41.7 Å². The number of fused-ring (bicyclic) bond motifs is 1. The molecule has 176 valence electrons. The minimum Gasteiger partial charge on any atom is -0.365 e. The zero-order chi connectivity index (χ0) is 23.8. The maximum absolute atomic E-state index is 13.3. The van der Waals surface area contributed by atoms with Gasteiger partial charge < -0.3 is 9.80 Å². The molecule has 1 unspecified atom stereocenters. The molecule has 8 heteroatoms. The van der Waals surface area contributed by atoms with E-state index < -0.39 is 0 Å². The molecule has 3 heterocycles. The smallest absolute Gasteiger partial charge is 0.242 e. The Morgan fingerprint density at radius 3 is 2.56 bits per heavy atom. The fourth-order valence-electron chi connectivity index (χ4n) is 4.79. The van der Waals surface area contributed by atoms with Crippen molar-refractivity contribution in [3.63, 3.8) is 0 Å². The Kier molecular flexibility index (Phi) is 6.08. The number of para-hydroxylation sites is 1. The molecule has 2 aliphatic heterocycles. The summed E-state index contributed by atoms with van der Waals surface area (Å²) >= 11 is 1.48. The van der Waals surface area contributed by atoms with E-state index in [1.807, 2.05) is 46.8 Å². The Morgan fingerprint density at radius 1 is 1.06 bits per heavy atom. The van der Waals surface area contributed by atoms with Gasteiger partial charge in [0.1, 0.15) is 11.6 Å². The predicted octanol–water partition coefficient (Wildman–Crippen LogP) is 3.67. The van der Waals surface area contributed by atoms with Gasteiger partial charge in [-0.1, -0.05) is 42.1 Å². The van der Waals surface area contributed by atoms with E-state index in [9.17, 15) is 9.59 Å². The van der Waals surface area contributed by atoms with Gasteiger partial charge in [0.2, 0.25) is 11.8 Å². The molecule has 7 nitrogen and oxygen atoms in total. The highest BCUT2D eigenvalue weighted by Gasteiger charge is 2.35. The largest absolute Gasteiger partial charge is 0.365 e. The average Bonchev–Trinajstić information content (AvgIpc) is 3.18. The number of carbonyl (C=O) groups is 2. The molecule has 0 aliphatic carbocycles. The second kappa shape index (κ2) is 9.18. The topological polar surface area (TPSA) is 61.7 Å². The molecule has 2 amide bonds. The summed E-state index contributed by atoms with van der Waals surface area (Å²) in [6.07, 6.45) is 0. The lowest BCUT2D eigenvalue weighted by atomic mass is 10.1. The number of anilines is 2. The van der Waals surface area contributed by atoms with E-state index in [-0.39, 0.29) is 24.4 Å². The molecule has 0 N–H and O–H groups in total. The van der Waals surface area contributed by atoms with Crippen molar-refractivity contribution in [3.05, 3.63) is 65.9 Å². The lowest BCUT2D eigenvalue weighted by Crippen LogP contribution is -2.56. The number of aromatic nitrogens is 2. The molecule has 1 aromatic heterocycles. The number of hydrogen-bond donors (Lipinski definition) is 0. The van der Waals surface area contributed by atoms with Crippen molar-refractivity contribution in [1.29, 1.82) is 0 Å². The summed E-state index contributed by atoms with van der Waals surface area (Å²) in [6.45, 7) is 8.25. The summed E-state index contributed by atoms with van der Waals surface area (Å²) in [5.74, 6) is 0.234. The standard InChI is InChI=1S/C26H29N5O2S/c1-18-8-7-11-22(14-18)29-13-12-28(15-19(29)2)23(32)16-30-24(33)17-34-26-25(30)20(3)27-31(26)21-9-5-4-6-10-21/h4-11,14,19H,12-13,15-17H2,1-3H3. The van der Waals surface area contributed by atoms with Crippen molar-refractivity contribution in [3.8, 4) is 5.69 Å². The fourth-order valence-corrected chi connectivity index (χ4v) is 5.87. The van der Waals surface area contributed by atoms with Gasteiger partial charge in [-0.25, -0.2) is 4.68 Å². The normalized spacial score (nSPS) is 18.3. The van der Waals surface area contributed by atoms with E-state index in [1.165, 1.54) is 23.0 Å². The number of benzene rings is 2. The predicted molar refractivity (Wildman–Crippen MR) is 136 cm³/mol. The zero-order valence-corrected chi connectivity index (χ0v) is 20.6. The van der Waals surface area contributed by atoms with E-state index in [2.05, 4.69) is 43.0 Å². The molecule has 1 atom stereocenters.